The van der Waals surface area contributed by atoms with Gasteiger partial charge in [0.2, 0.25) is 5.56 Å². The fourth-order valence-electron chi connectivity index (χ4n) is 1.95. The summed E-state index contributed by atoms with van der Waals surface area (Å²) in [4.78, 5) is 25.4. The Bertz CT molecular complexity index is 692. The predicted octanol–water partition coefficient (Wildman–Crippen LogP) is 2.01. The molecule has 0 saturated carbocycles. The third-order valence-corrected chi connectivity index (χ3v) is 3.05. The van der Waals surface area contributed by atoms with Gasteiger partial charge in [-0.3, -0.25) is 9.59 Å². The summed E-state index contributed by atoms with van der Waals surface area (Å²) in [7, 11) is 1.48. The first-order valence-corrected chi connectivity index (χ1v) is 6.34. The number of amides is 1. The molecule has 0 aliphatic carbocycles. The average molecular weight is 290 g/mol. The van der Waals surface area contributed by atoms with Crippen LogP contribution in [0.25, 0.3) is 0 Å². The molecule has 0 spiro atoms. The number of aromatic nitrogens is 1. The molecule has 1 aromatic carbocycles. The van der Waals surface area contributed by atoms with Gasteiger partial charge in [-0.15, -0.1) is 0 Å². The summed E-state index contributed by atoms with van der Waals surface area (Å²) in [6.45, 7) is 1.72. The molecule has 21 heavy (non-hydrogen) atoms. The zero-order chi connectivity index (χ0) is 15.4. The Kier molecular flexibility index (Phi) is 4.37. The van der Waals surface area contributed by atoms with E-state index in [0.29, 0.717) is 16.9 Å². The Morgan fingerprint density at radius 1 is 1.33 bits per heavy atom. The molecule has 0 aliphatic rings. The Morgan fingerprint density at radius 2 is 2.10 bits per heavy atom. The summed E-state index contributed by atoms with van der Waals surface area (Å²) in [6.07, 6.45) is 1.33. The first kappa shape index (κ1) is 14.8. The van der Waals surface area contributed by atoms with E-state index in [1.165, 1.54) is 43.6 Å². The highest BCUT2D eigenvalue weighted by molar-refractivity contribution is 5.94. The Labute approximate surface area is 120 Å². The molecule has 2 rings (SSSR count). The number of aromatic amines is 1. The minimum Gasteiger partial charge on any atom is -0.496 e. The lowest BCUT2D eigenvalue weighted by atomic mass is 10.1. The lowest BCUT2D eigenvalue weighted by Crippen LogP contribution is -2.27. The highest BCUT2D eigenvalue weighted by Gasteiger charge is 2.16. The van der Waals surface area contributed by atoms with E-state index in [1.54, 1.807) is 6.92 Å². The molecule has 2 N–H and O–H groups in total. The van der Waals surface area contributed by atoms with E-state index in [1.807, 2.05) is 0 Å². The van der Waals surface area contributed by atoms with Crippen LogP contribution < -0.4 is 15.6 Å². The molecule has 0 fully saturated rings. The maximum absolute atomic E-state index is 13.3. The second-order valence-corrected chi connectivity index (χ2v) is 4.52. The van der Waals surface area contributed by atoms with Gasteiger partial charge in [0.25, 0.3) is 5.91 Å². The molecule has 0 unspecified atom stereocenters. The van der Waals surface area contributed by atoms with Crippen LogP contribution in [0, 0.1) is 5.82 Å². The summed E-state index contributed by atoms with van der Waals surface area (Å²) in [5.74, 6) is -0.285. The average Bonchev–Trinajstić information content (AvgIpc) is 2.47. The molecular formula is C15H15FN2O3. The molecule has 0 aliphatic heterocycles. The van der Waals surface area contributed by atoms with E-state index in [0.717, 1.165) is 0 Å². The highest BCUT2D eigenvalue weighted by Crippen LogP contribution is 2.25. The third kappa shape index (κ3) is 3.47. The van der Waals surface area contributed by atoms with Crippen molar-refractivity contribution < 1.29 is 13.9 Å². The molecule has 2 aromatic rings. The monoisotopic (exact) mass is 290 g/mol. The van der Waals surface area contributed by atoms with E-state index in [2.05, 4.69) is 10.3 Å². The van der Waals surface area contributed by atoms with E-state index < -0.39 is 11.9 Å². The van der Waals surface area contributed by atoms with Crippen LogP contribution in [-0.2, 0) is 0 Å². The van der Waals surface area contributed by atoms with Gasteiger partial charge < -0.3 is 15.0 Å². The van der Waals surface area contributed by atoms with Gasteiger partial charge in [0.05, 0.1) is 18.7 Å². The number of methoxy groups -OCH3 is 1. The molecular weight excluding hydrogens is 275 g/mol. The van der Waals surface area contributed by atoms with Crippen LogP contribution in [-0.4, -0.2) is 18.0 Å². The predicted molar refractivity (Wildman–Crippen MR) is 75.9 cm³/mol. The molecule has 1 atom stereocenters. The van der Waals surface area contributed by atoms with Crippen LogP contribution in [0.5, 0.6) is 5.75 Å². The number of pyridine rings is 1. The van der Waals surface area contributed by atoms with Crippen molar-refractivity contribution in [2.45, 2.75) is 13.0 Å². The van der Waals surface area contributed by atoms with Gasteiger partial charge in [-0.2, -0.15) is 0 Å². The number of benzene rings is 1. The van der Waals surface area contributed by atoms with Crippen LogP contribution >= 0.6 is 0 Å². The third-order valence-electron chi connectivity index (χ3n) is 3.05. The fraction of sp³-hybridized carbons (Fsp3) is 0.200. The van der Waals surface area contributed by atoms with Crippen molar-refractivity contribution in [3.8, 4) is 5.75 Å². The number of rotatable bonds is 4. The number of carbonyl (C=O) groups is 1. The van der Waals surface area contributed by atoms with Gasteiger partial charge in [0, 0.05) is 17.8 Å². The lowest BCUT2D eigenvalue weighted by Gasteiger charge is -2.17. The molecule has 1 amide bonds. The lowest BCUT2D eigenvalue weighted by molar-refractivity contribution is 0.0939. The number of carbonyl (C=O) groups excluding carboxylic acids is 1. The summed E-state index contributed by atoms with van der Waals surface area (Å²) in [6, 6.07) is 6.35. The zero-order valence-electron chi connectivity index (χ0n) is 11.6. The SMILES string of the molecule is COc1ccc(F)cc1[C@H](C)NC(=O)c1ccc(=O)[nH]c1. The van der Waals surface area contributed by atoms with Gasteiger partial charge in [-0.05, 0) is 31.2 Å². The number of H-pyrrole nitrogens is 1. The van der Waals surface area contributed by atoms with Crippen LogP contribution in [0.1, 0.15) is 28.9 Å². The minimum atomic E-state index is -0.449. The number of ether oxygens (including phenoxy) is 1. The van der Waals surface area contributed by atoms with Gasteiger partial charge >= 0.3 is 0 Å². The van der Waals surface area contributed by atoms with Gasteiger partial charge in [-0.1, -0.05) is 0 Å². The van der Waals surface area contributed by atoms with Crippen molar-refractivity contribution in [3.05, 3.63) is 63.8 Å². The first-order chi connectivity index (χ1) is 10.0. The van der Waals surface area contributed by atoms with Crippen molar-refractivity contribution in [3.63, 3.8) is 0 Å². The molecule has 0 radical (unpaired) electrons. The Hall–Kier alpha value is -2.63. The van der Waals surface area contributed by atoms with Crippen molar-refractivity contribution in [1.29, 1.82) is 0 Å². The van der Waals surface area contributed by atoms with Gasteiger partial charge in [0.15, 0.2) is 0 Å². The number of hydrogen-bond donors (Lipinski definition) is 2. The number of hydrogen-bond acceptors (Lipinski definition) is 3. The molecule has 0 saturated heterocycles. The minimum absolute atomic E-state index is 0.286. The maximum Gasteiger partial charge on any atom is 0.253 e. The van der Waals surface area contributed by atoms with Gasteiger partial charge in [-0.25, -0.2) is 4.39 Å². The maximum atomic E-state index is 13.3. The van der Waals surface area contributed by atoms with Crippen LogP contribution in [0.2, 0.25) is 0 Å². The quantitative estimate of drug-likeness (QED) is 0.905. The van der Waals surface area contributed by atoms with Gasteiger partial charge in [0.1, 0.15) is 11.6 Å². The number of halogens is 1. The summed E-state index contributed by atoms with van der Waals surface area (Å²) in [5, 5.41) is 2.73. The van der Waals surface area contributed by atoms with Crippen LogP contribution in [0.3, 0.4) is 0 Å². The molecule has 5 nitrogen and oxygen atoms in total. The molecule has 1 aromatic heterocycles. The Balaban J connectivity index is 2.19. The molecule has 0 bridgehead atoms. The van der Waals surface area contributed by atoms with E-state index in [4.69, 9.17) is 4.74 Å². The summed E-state index contributed by atoms with van der Waals surface area (Å²) < 4.78 is 18.5. The fourth-order valence-corrected chi connectivity index (χ4v) is 1.95. The highest BCUT2D eigenvalue weighted by atomic mass is 19.1. The van der Waals surface area contributed by atoms with Crippen molar-refractivity contribution >= 4 is 5.91 Å². The van der Waals surface area contributed by atoms with Crippen LogP contribution in [0.15, 0.2) is 41.3 Å². The van der Waals surface area contributed by atoms with Crippen molar-refractivity contribution in [2.75, 3.05) is 7.11 Å². The molecule has 110 valence electrons. The standard InChI is InChI=1S/C15H15FN2O3/c1-9(12-7-11(16)4-5-13(12)21-2)18-15(20)10-3-6-14(19)17-8-10/h3-9H,1-2H3,(H,17,19)(H,18,20)/t9-/m0/s1. The molecule has 1 heterocycles. The normalized spacial score (nSPS) is 11.8. The summed E-state index contributed by atoms with van der Waals surface area (Å²) in [5.41, 5.74) is 0.568. The van der Waals surface area contributed by atoms with E-state index in [-0.39, 0.29) is 11.5 Å². The zero-order valence-corrected chi connectivity index (χ0v) is 11.6. The van der Waals surface area contributed by atoms with Crippen LogP contribution in [0.4, 0.5) is 4.39 Å². The smallest absolute Gasteiger partial charge is 0.253 e. The number of nitrogens with one attached hydrogen (secondary N) is 2. The summed E-state index contributed by atoms with van der Waals surface area (Å²) >= 11 is 0. The second kappa shape index (κ2) is 6.21. The largest absolute Gasteiger partial charge is 0.496 e. The van der Waals surface area contributed by atoms with E-state index >= 15 is 0 Å². The second-order valence-electron chi connectivity index (χ2n) is 4.52. The Morgan fingerprint density at radius 3 is 2.71 bits per heavy atom. The van der Waals surface area contributed by atoms with Crippen molar-refractivity contribution in [1.82, 2.24) is 10.3 Å². The first-order valence-electron chi connectivity index (χ1n) is 6.34. The topological polar surface area (TPSA) is 71.2 Å². The van der Waals surface area contributed by atoms with E-state index in [9.17, 15) is 14.0 Å². The van der Waals surface area contributed by atoms with Crippen molar-refractivity contribution in [2.24, 2.45) is 0 Å². The molecule has 6 heteroatoms.